The Kier molecular flexibility index (Phi) is 6.44. The van der Waals surface area contributed by atoms with Crippen molar-refractivity contribution in [1.82, 2.24) is 4.90 Å². The number of carbonyl (C=O) groups excluding carboxylic acids is 2. The molecule has 47 heavy (non-hydrogen) atoms. The fraction of sp³-hybridized carbons (Fsp3) is 0.436. The zero-order chi connectivity index (χ0) is 32.0. The van der Waals surface area contributed by atoms with Gasteiger partial charge in [0.25, 0.3) is 0 Å². The number of fused-ring (bicyclic) bond motifs is 1. The molecule has 8 nitrogen and oxygen atoms in total. The Labute approximate surface area is 275 Å². The van der Waals surface area contributed by atoms with E-state index in [0.717, 1.165) is 48.9 Å². The highest BCUT2D eigenvalue weighted by Crippen LogP contribution is 2.75. The van der Waals surface area contributed by atoms with Crippen LogP contribution in [0.3, 0.4) is 0 Å². The predicted molar refractivity (Wildman–Crippen MR) is 176 cm³/mol. The van der Waals surface area contributed by atoms with E-state index in [0.29, 0.717) is 17.7 Å². The lowest BCUT2D eigenvalue weighted by Crippen LogP contribution is -2.79. The molecule has 7 aliphatic rings. The minimum atomic E-state index is -0.932. The van der Waals surface area contributed by atoms with Crippen molar-refractivity contribution in [3.63, 3.8) is 0 Å². The molecule has 10 rings (SSSR count). The summed E-state index contributed by atoms with van der Waals surface area (Å²) < 4.78 is 24.8. The fourth-order valence-corrected chi connectivity index (χ4v) is 10.0. The smallest absolute Gasteiger partial charge is 0.411 e. The Morgan fingerprint density at radius 3 is 2.55 bits per heavy atom. The molecular weight excluding hydrogens is 592 g/mol. The van der Waals surface area contributed by atoms with Crippen LogP contribution in [0.15, 0.2) is 78.9 Å². The van der Waals surface area contributed by atoms with E-state index in [9.17, 15) is 9.59 Å². The second-order valence-electron chi connectivity index (χ2n) is 14.3. The van der Waals surface area contributed by atoms with E-state index >= 15 is 0 Å². The number of piperidine rings is 1. The average molecular weight is 633 g/mol. The molecular formula is C39H40N2O6. The molecule has 2 spiro atoms. The number of nitrogens with zero attached hydrogens (tertiary/aromatic N) is 1. The summed E-state index contributed by atoms with van der Waals surface area (Å²) in [5.74, 6) is 1.96. The van der Waals surface area contributed by atoms with Crippen molar-refractivity contribution in [3.05, 3.63) is 101 Å². The molecule has 3 aromatic carbocycles. The Morgan fingerprint density at radius 2 is 1.81 bits per heavy atom. The topological polar surface area (TPSA) is 86.3 Å². The van der Waals surface area contributed by atoms with Gasteiger partial charge in [0.05, 0.1) is 18.4 Å². The van der Waals surface area contributed by atoms with E-state index < -0.39 is 17.6 Å². The van der Waals surface area contributed by atoms with Gasteiger partial charge in [-0.1, -0.05) is 48.6 Å². The minimum absolute atomic E-state index is 0.0350. The van der Waals surface area contributed by atoms with Crippen molar-refractivity contribution in [2.45, 2.75) is 61.9 Å². The maximum Gasteiger partial charge on any atom is 0.411 e. The normalized spacial score (nSPS) is 32.3. The molecule has 3 aromatic rings. The second-order valence-corrected chi connectivity index (χ2v) is 14.3. The molecule has 2 saturated carbocycles. The first kappa shape index (κ1) is 29.0. The third-order valence-corrected chi connectivity index (χ3v) is 12.3. The molecule has 5 aliphatic carbocycles. The quantitative estimate of drug-likeness (QED) is 0.218. The molecule has 6 atom stereocenters. The van der Waals surface area contributed by atoms with Gasteiger partial charge < -0.3 is 18.9 Å². The summed E-state index contributed by atoms with van der Waals surface area (Å²) in [4.78, 5) is 29.9. The molecule has 4 bridgehead atoms. The van der Waals surface area contributed by atoms with Crippen LogP contribution in [0.25, 0.3) is 0 Å². The highest BCUT2D eigenvalue weighted by molar-refractivity contribution is 6.00. The number of Topliss-reactive ketones (excluding diaryl/α,β-unsaturated/α-hetero) is 1. The summed E-state index contributed by atoms with van der Waals surface area (Å²) in [7, 11) is 3.42. The number of likely N-dealkylation sites (tertiary alicyclic amines) is 1. The number of ketones is 1. The third kappa shape index (κ3) is 4.01. The third-order valence-electron chi connectivity index (χ3n) is 12.3. The van der Waals surface area contributed by atoms with Gasteiger partial charge in [-0.2, -0.15) is 0 Å². The van der Waals surface area contributed by atoms with E-state index in [4.69, 9.17) is 18.9 Å². The van der Waals surface area contributed by atoms with Crippen LogP contribution in [-0.2, 0) is 27.9 Å². The fourth-order valence-electron chi connectivity index (χ4n) is 10.0. The van der Waals surface area contributed by atoms with Crippen LogP contribution in [0.2, 0.25) is 0 Å². The maximum atomic E-state index is 14.7. The van der Waals surface area contributed by atoms with Crippen LogP contribution < -0.4 is 14.8 Å². The molecule has 2 heterocycles. The Bertz CT molecular complexity index is 1790. The van der Waals surface area contributed by atoms with Gasteiger partial charge in [0.2, 0.25) is 0 Å². The lowest BCUT2D eigenvalue weighted by molar-refractivity contribution is -0.206. The van der Waals surface area contributed by atoms with E-state index in [1.807, 2.05) is 36.4 Å². The predicted octanol–water partition coefficient (Wildman–Crippen LogP) is 6.33. The molecule has 8 heteroatoms. The van der Waals surface area contributed by atoms with Gasteiger partial charge in [-0.3, -0.25) is 15.0 Å². The number of hydrogen-bond donors (Lipinski definition) is 1. The van der Waals surface area contributed by atoms with Crippen LogP contribution in [-0.4, -0.2) is 61.8 Å². The first-order chi connectivity index (χ1) is 22.9. The first-order valence-electron chi connectivity index (χ1n) is 16.9. The van der Waals surface area contributed by atoms with Crippen LogP contribution in [0, 0.1) is 17.3 Å². The van der Waals surface area contributed by atoms with Crippen LogP contribution >= 0.6 is 0 Å². The molecule has 1 saturated heterocycles. The number of anilines is 1. The highest BCUT2D eigenvalue weighted by atomic mass is 16.6. The molecule has 242 valence electrons. The summed E-state index contributed by atoms with van der Waals surface area (Å²) in [5.41, 5.74) is 3.22. The number of benzene rings is 3. The number of nitrogens with one attached hydrogen (secondary N) is 1. The lowest BCUT2D eigenvalue weighted by Gasteiger charge is -2.71. The average Bonchev–Trinajstić information content (AvgIpc) is 3.85. The Balaban J connectivity index is 1.04. The number of ether oxygens (including phenoxy) is 4. The van der Waals surface area contributed by atoms with Crippen LogP contribution in [0.1, 0.15) is 52.7 Å². The number of methoxy groups -OCH3 is 2. The van der Waals surface area contributed by atoms with Gasteiger partial charge in [-0.15, -0.1) is 0 Å². The molecule has 0 aromatic heterocycles. The number of rotatable bonds is 9. The van der Waals surface area contributed by atoms with Crippen molar-refractivity contribution in [2.24, 2.45) is 17.3 Å². The summed E-state index contributed by atoms with van der Waals surface area (Å²) in [6, 6.07) is 21.2. The molecule has 2 aliphatic heterocycles. The lowest BCUT2D eigenvalue weighted by atomic mass is 9.36. The van der Waals surface area contributed by atoms with Crippen molar-refractivity contribution >= 4 is 17.6 Å². The molecule has 3 fully saturated rings. The summed E-state index contributed by atoms with van der Waals surface area (Å²) >= 11 is 0. The van der Waals surface area contributed by atoms with Crippen molar-refractivity contribution in [1.29, 1.82) is 0 Å². The van der Waals surface area contributed by atoms with E-state index in [1.165, 1.54) is 24.0 Å². The van der Waals surface area contributed by atoms with Crippen LogP contribution in [0.5, 0.6) is 11.5 Å². The highest BCUT2D eigenvalue weighted by Gasteiger charge is 2.80. The van der Waals surface area contributed by atoms with Crippen LogP contribution in [0.4, 0.5) is 10.5 Å². The van der Waals surface area contributed by atoms with Gasteiger partial charge in [0, 0.05) is 41.9 Å². The molecule has 0 unspecified atom stereocenters. The summed E-state index contributed by atoms with van der Waals surface area (Å²) in [6.07, 6.45) is 8.93. The largest absolute Gasteiger partial charge is 0.493 e. The molecule has 1 N–H and O–H groups in total. The van der Waals surface area contributed by atoms with Gasteiger partial charge >= 0.3 is 6.09 Å². The van der Waals surface area contributed by atoms with E-state index in [2.05, 4.69) is 28.4 Å². The first-order valence-corrected chi connectivity index (χ1v) is 16.9. The number of carbonyl (C=O) groups is 2. The van der Waals surface area contributed by atoms with Gasteiger partial charge in [0.15, 0.2) is 17.3 Å². The zero-order valence-electron chi connectivity index (χ0n) is 26.9. The second kappa shape index (κ2) is 10.4. The summed E-state index contributed by atoms with van der Waals surface area (Å²) in [6.45, 7) is 2.32. The minimum Gasteiger partial charge on any atom is -0.493 e. The van der Waals surface area contributed by atoms with Gasteiger partial charge in [0.1, 0.15) is 18.3 Å². The SMILES string of the molecule is COc1ccc2c3c1O[C@H]1[C@@]4(OC)C=C[C@@]5(C[C@@H]4C(=O)c4ccc(NC(=O)OCc6ccccc6)cc4)[C@@H](C2)N(CC2CC2)CC[C@]315. The standard InChI is InChI=1S/C39H40N2O6/c1-44-30-15-12-27-20-31-37-16-17-39(45-2,35-38(37,32(27)34(30)47-35)18-19-41(31)22-24-8-9-24)29(21-37)33(42)26-10-13-28(14-11-26)40-36(43)46-23-25-6-4-3-5-7-25/h3-7,10-17,24,29,31,35H,8-9,18-23H2,1-2H3,(H,40,43)/t29-,31-,35-,37-,38+,39-/m1/s1. The Morgan fingerprint density at radius 1 is 1.00 bits per heavy atom. The van der Waals surface area contributed by atoms with Gasteiger partial charge in [-0.05, 0) is 86.0 Å². The van der Waals surface area contributed by atoms with E-state index in [-0.39, 0.29) is 35.4 Å². The van der Waals surface area contributed by atoms with E-state index in [1.54, 1.807) is 38.5 Å². The molecule has 1 amide bonds. The molecule has 0 radical (unpaired) electrons. The van der Waals surface area contributed by atoms with Crippen molar-refractivity contribution < 1.29 is 28.5 Å². The van der Waals surface area contributed by atoms with Gasteiger partial charge in [-0.25, -0.2) is 4.79 Å². The monoisotopic (exact) mass is 632 g/mol. The Hall–Kier alpha value is -4.14. The maximum absolute atomic E-state index is 14.7. The number of hydrogen-bond acceptors (Lipinski definition) is 7. The summed E-state index contributed by atoms with van der Waals surface area (Å²) in [5, 5.41) is 2.78. The number of amides is 1. The zero-order valence-corrected chi connectivity index (χ0v) is 26.9. The van der Waals surface area contributed by atoms with Crippen molar-refractivity contribution in [3.8, 4) is 11.5 Å². The van der Waals surface area contributed by atoms with Crippen molar-refractivity contribution in [2.75, 3.05) is 32.6 Å².